The van der Waals surface area contributed by atoms with E-state index in [0.29, 0.717) is 11.3 Å². The van der Waals surface area contributed by atoms with Crippen LogP contribution in [0.3, 0.4) is 0 Å². The van der Waals surface area contributed by atoms with Crippen molar-refractivity contribution < 1.29 is 24.0 Å². The summed E-state index contributed by atoms with van der Waals surface area (Å²) < 4.78 is 7.59. The fourth-order valence-electron chi connectivity index (χ4n) is 3.56. The number of carbonyl (C=O) groups is 3. The second-order valence-electron chi connectivity index (χ2n) is 7.55. The SMILES string of the molecule is Cc1cc(C=C2C(=O)NC(=O)N(C)C2=O)c(C)n1-c1ccc(Oc2ccc([N+](=O)[O-])cn2)cc1. The third kappa shape index (κ3) is 4.13. The molecule has 1 aromatic carbocycles. The number of ether oxygens (including phenoxy) is 1. The Balaban J connectivity index is 1.58. The van der Waals surface area contributed by atoms with Gasteiger partial charge in [-0.1, -0.05) is 0 Å². The summed E-state index contributed by atoms with van der Waals surface area (Å²) >= 11 is 0. The van der Waals surface area contributed by atoms with E-state index in [4.69, 9.17) is 4.74 Å². The standard InChI is InChI=1S/C23H19N5O6/c1-13-10-15(11-19-21(29)25-23(31)26(3)22(19)30)14(2)27(13)16-4-7-18(8-5-16)34-20-9-6-17(12-24-20)28(32)33/h4-12H,1-3H3,(H,25,29,31). The number of nitrogens with one attached hydrogen (secondary N) is 1. The quantitative estimate of drug-likeness (QED) is 0.266. The molecule has 1 aliphatic rings. The highest BCUT2D eigenvalue weighted by Crippen LogP contribution is 2.27. The average Bonchev–Trinajstić information content (AvgIpc) is 3.09. The van der Waals surface area contributed by atoms with Crippen LogP contribution in [0.15, 0.2) is 54.2 Å². The lowest BCUT2D eigenvalue weighted by molar-refractivity contribution is -0.385. The van der Waals surface area contributed by atoms with Crippen molar-refractivity contribution in [1.82, 2.24) is 19.8 Å². The molecule has 11 heteroatoms. The van der Waals surface area contributed by atoms with Gasteiger partial charge in [0, 0.05) is 36.3 Å². The minimum Gasteiger partial charge on any atom is -0.439 e. The predicted octanol–water partition coefficient (Wildman–Crippen LogP) is 3.28. The molecule has 3 aromatic rings. The van der Waals surface area contributed by atoms with Crippen LogP contribution in [0.25, 0.3) is 11.8 Å². The molecule has 1 fully saturated rings. The van der Waals surface area contributed by atoms with E-state index in [0.717, 1.165) is 28.2 Å². The van der Waals surface area contributed by atoms with E-state index in [1.165, 1.54) is 25.3 Å². The van der Waals surface area contributed by atoms with Crippen LogP contribution in [0.5, 0.6) is 11.6 Å². The van der Waals surface area contributed by atoms with Crippen LogP contribution in [0.1, 0.15) is 17.0 Å². The van der Waals surface area contributed by atoms with Gasteiger partial charge in [-0.2, -0.15) is 0 Å². The smallest absolute Gasteiger partial charge is 0.331 e. The summed E-state index contributed by atoms with van der Waals surface area (Å²) in [4.78, 5) is 51.1. The van der Waals surface area contributed by atoms with Gasteiger partial charge in [0.25, 0.3) is 17.5 Å². The molecule has 0 unspecified atom stereocenters. The summed E-state index contributed by atoms with van der Waals surface area (Å²) in [5, 5.41) is 12.9. The van der Waals surface area contributed by atoms with Crippen molar-refractivity contribution in [2.75, 3.05) is 7.05 Å². The van der Waals surface area contributed by atoms with Gasteiger partial charge in [0.05, 0.1) is 4.92 Å². The molecule has 172 valence electrons. The van der Waals surface area contributed by atoms with Crippen molar-refractivity contribution in [3.05, 3.63) is 81.3 Å². The van der Waals surface area contributed by atoms with Crippen LogP contribution in [-0.4, -0.2) is 44.3 Å². The molecule has 11 nitrogen and oxygen atoms in total. The van der Waals surface area contributed by atoms with E-state index in [-0.39, 0.29) is 17.1 Å². The summed E-state index contributed by atoms with van der Waals surface area (Å²) in [6, 6.07) is 10.9. The molecular weight excluding hydrogens is 442 g/mol. The number of urea groups is 1. The van der Waals surface area contributed by atoms with Gasteiger partial charge in [0.1, 0.15) is 17.5 Å². The molecule has 34 heavy (non-hydrogen) atoms. The van der Waals surface area contributed by atoms with Crippen LogP contribution in [-0.2, 0) is 9.59 Å². The predicted molar refractivity (Wildman–Crippen MR) is 120 cm³/mol. The highest BCUT2D eigenvalue weighted by Gasteiger charge is 2.33. The lowest BCUT2D eigenvalue weighted by Crippen LogP contribution is -2.52. The first-order valence-corrected chi connectivity index (χ1v) is 10.1. The van der Waals surface area contributed by atoms with Crippen LogP contribution in [0, 0.1) is 24.0 Å². The number of benzene rings is 1. The van der Waals surface area contributed by atoms with E-state index in [1.54, 1.807) is 12.1 Å². The maximum Gasteiger partial charge on any atom is 0.331 e. The van der Waals surface area contributed by atoms with Gasteiger partial charge >= 0.3 is 6.03 Å². The Morgan fingerprint density at radius 1 is 1.09 bits per heavy atom. The van der Waals surface area contributed by atoms with Crippen molar-refractivity contribution in [2.24, 2.45) is 0 Å². The van der Waals surface area contributed by atoms with Gasteiger partial charge in [-0.25, -0.2) is 9.78 Å². The number of rotatable bonds is 5. The number of nitro groups is 1. The van der Waals surface area contributed by atoms with Crippen molar-refractivity contribution in [3.8, 4) is 17.3 Å². The van der Waals surface area contributed by atoms with E-state index in [2.05, 4.69) is 10.3 Å². The summed E-state index contributed by atoms with van der Waals surface area (Å²) in [5.41, 5.74) is 2.88. The number of nitrogens with zero attached hydrogens (tertiary/aromatic N) is 4. The van der Waals surface area contributed by atoms with Gasteiger partial charge in [-0.05, 0) is 55.8 Å². The molecule has 1 N–H and O–H groups in total. The number of pyridine rings is 1. The Bertz CT molecular complexity index is 1360. The van der Waals surface area contributed by atoms with Gasteiger partial charge in [0.15, 0.2) is 0 Å². The molecule has 2 aromatic heterocycles. The zero-order valence-corrected chi connectivity index (χ0v) is 18.4. The third-order valence-corrected chi connectivity index (χ3v) is 5.32. The minimum atomic E-state index is -0.760. The van der Waals surface area contributed by atoms with Crippen LogP contribution in [0.4, 0.5) is 10.5 Å². The van der Waals surface area contributed by atoms with Crippen molar-refractivity contribution in [3.63, 3.8) is 0 Å². The Morgan fingerprint density at radius 3 is 2.41 bits per heavy atom. The number of aromatic nitrogens is 2. The first kappa shape index (κ1) is 22.4. The van der Waals surface area contributed by atoms with E-state index >= 15 is 0 Å². The Morgan fingerprint density at radius 2 is 1.79 bits per heavy atom. The molecule has 3 heterocycles. The first-order chi connectivity index (χ1) is 16.2. The van der Waals surface area contributed by atoms with Crippen LogP contribution >= 0.6 is 0 Å². The van der Waals surface area contributed by atoms with E-state index < -0.39 is 22.8 Å². The molecule has 0 aliphatic carbocycles. The number of carbonyl (C=O) groups excluding carboxylic acids is 3. The Labute approximate surface area is 193 Å². The van der Waals surface area contributed by atoms with E-state index in [1.807, 2.05) is 36.6 Å². The number of likely N-dealkylation sites (N-methyl/N-ethyl adjacent to an activating group) is 1. The monoisotopic (exact) mass is 461 g/mol. The van der Waals surface area contributed by atoms with Crippen molar-refractivity contribution >= 4 is 29.6 Å². The summed E-state index contributed by atoms with van der Waals surface area (Å²) in [6.07, 6.45) is 2.59. The molecule has 0 spiro atoms. The second-order valence-corrected chi connectivity index (χ2v) is 7.55. The molecular formula is C23H19N5O6. The molecule has 0 bridgehead atoms. The highest BCUT2D eigenvalue weighted by molar-refractivity contribution is 6.30. The van der Waals surface area contributed by atoms with E-state index in [9.17, 15) is 24.5 Å². The minimum absolute atomic E-state index is 0.123. The number of amides is 4. The van der Waals surface area contributed by atoms with Crippen LogP contribution in [0.2, 0.25) is 0 Å². The first-order valence-electron chi connectivity index (χ1n) is 10.1. The number of aryl methyl sites for hydroxylation is 1. The van der Waals surface area contributed by atoms with Crippen molar-refractivity contribution in [1.29, 1.82) is 0 Å². The van der Waals surface area contributed by atoms with Gasteiger partial charge in [0.2, 0.25) is 5.88 Å². The molecule has 4 rings (SSSR count). The number of imide groups is 2. The zero-order chi connectivity index (χ0) is 24.6. The normalized spacial score (nSPS) is 15.0. The van der Waals surface area contributed by atoms with Gasteiger partial charge < -0.3 is 9.30 Å². The molecule has 4 amide bonds. The molecule has 1 saturated heterocycles. The topological polar surface area (TPSA) is 137 Å². The van der Waals surface area contributed by atoms with Gasteiger partial charge in [-0.3, -0.25) is 29.9 Å². The van der Waals surface area contributed by atoms with Crippen LogP contribution < -0.4 is 10.1 Å². The third-order valence-electron chi connectivity index (χ3n) is 5.32. The molecule has 1 aliphatic heterocycles. The maximum absolute atomic E-state index is 12.4. The average molecular weight is 461 g/mol. The molecule has 0 radical (unpaired) electrons. The summed E-state index contributed by atoms with van der Waals surface area (Å²) in [7, 11) is 1.30. The Hall–Kier alpha value is -4.80. The fourth-order valence-corrected chi connectivity index (χ4v) is 3.56. The van der Waals surface area contributed by atoms with Gasteiger partial charge in [-0.15, -0.1) is 0 Å². The summed E-state index contributed by atoms with van der Waals surface area (Å²) in [5.74, 6) is -0.689. The Kier molecular flexibility index (Phi) is 5.68. The largest absolute Gasteiger partial charge is 0.439 e. The lowest BCUT2D eigenvalue weighted by atomic mass is 10.1. The van der Waals surface area contributed by atoms with Crippen molar-refractivity contribution in [2.45, 2.75) is 13.8 Å². The zero-order valence-electron chi connectivity index (χ0n) is 18.4. The number of hydrogen-bond donors (Lipinski definition) is 1. The maximum atomic E-state index is 12.4. The number of hydrogen-bond acceptors (Lipinski definition) is 7. The summed E-state index contributed by atoms with van der Waals surface area (Å²) in [6.45, 7) is 3.74. The second kappa shape index (κ2) is 8.62. The highest BCUT2D eigenvalue weighted by atomic mass is 16.6. The fraction of sp³-hybridized carbons (Fsp3) is 0.130. The molecule has 0 atom stereocenters. The lowest BCUT2D eigenvalue weighted by Gasteiger charge is -2.22. The molecule has 0 saturated carbocycles. The number of barbiturate groups is 1.